The predicted molar refractivity (Wildman–Crippen MR) is 109 cm³/mol. The molecular weight excluding hydrogens is 344 g/mol. The van der Waals surface area contributed by atoms with E-state index in [4.69, 9.17) is 10.1 Å². The van der Waals surface area contributed by atoms with E-state index in [2.05, 4.69) is 32.9 Å². The minimum Gasteiger partial charge on any atom is -0.497 e. The van der Waals surface area contributed by atoms with Gasteiger partial charge in [-0.15, -0.1) is 0 Å². The minimum atomic E-state index is -0.176. The average molecular weight is 366 g/mol. The number of carbonyl (C=O) groups is 1. The SMILES string of the molecule is COc1ccc(N2C(=N)S/C(=C\c3ccc(C(C)(C)C)cc3)C2=O)cc1. The molecule has 1 fully saturated rings. The summed E-state index contributed by atoms with van der Waals surface area (Å²) in [6.07, 6.45) is 1.84. The Labute approximate surface area is 158 Å². The van der Waals surface area contributed by atoms with Crippen molar-refractivity contribution < 1.29 is 9.53 Å². The highest BCUT2D eigenvalue weighted by atomic mass is 32.2. The van der Waals surface area contributed by atoms with E-state index in [0.717, 1.165) is 5.56 Å². The van der Waals surface area contributed by atoms with Crippen molar-refractivity contribution in [1.82, 2.24) is 0 Å². The molecule has 2 aromatic carbocycles. The highest BCUT2D eigenvalue weighted by molar-refractivity contribution is 8.19. The zero-order valence-electron chi connectivity index (χ0n) is 15.4. The van der Waals surface area contributed by atoms with Gasteiger partial charge in [0.05, 0.1) is 17.7 Å². The fraction of sp³-hybridized carbons (Fsp3) is 0.238. The number of ether oxygens (including phenoxy) is 1. The number of hydrogen-bond acceptors (Lipinski definition) is 4. The Bertz CT molecular complexity index is 862. The van der Waals surface area contributed by atoms with Gasteiger partial charge in [0.15, 0.2) is 5.17 Å². The van der Waals surface area contributed by atoms with Gasteiger partial charge in [0.1, 0.15) is 5.75 Å². The van der Waals surface area contributed by atoms with Crippen LogP contribution in [0.4, 0.5) is 5.69 Å². The summed E-state index contributed by atoms with van der Waals surface area (Å²) in [4.78, 5) is 14.7. The number of amides is 1. The first-order valence-electron chi connectivity index (χ1n) is 8.37. The molecule has 1 aliphatic heterocycles. The van der Waals surface area contributed by atoms with Crippen LogP contribution in [0.25, 0.3) is 6.08 Å². The molecule has 0 bridgehead atoms. The third kappa shape index (κ3) is 3.68. The molecule has 26 heavy (non-hydrogen) atoms. The van der Waals surface area contributed by atoms with E-state index in [1.165, 1.54) is 22.2 Å². The Kier molecular flexibility index (Phi) is 4.92. The zero-order valence-corrected chi connectivity index (χ0v) is 16.2. The molecule has 2 aromatic rings. The number of methoxy groups -OCH3 is 1. The number of thioether (sulfide) groups is 1. The molecule has 0 aromatic heterocycles. The number of rotatable bonds is 3. The highest BCUT2D eigenvalue weighted by Gasteiger charge is 2.33. The third-order valence-corrected chi connectivity index (χ3v) is 5.12. The van der Waals surface area contributed by atoms with Crippen molar-refractivity contribution >= 4 is 34.6 Å². The van der Waals surface area contributed by atoms with Crippen LogP contribution in [0.1, 0.15) is 31.9 Å². The van der Waals surface area contributed by atoms with Crippen LogP contribution in [0.5, 0.6) is 5.75 Å². The maximum atomic E-state index is 12.8. The first kappa shape index (κ1) is 18.3. The summed E-state index contributed by atoms with van der Waals surface area (Å²) in [7, 11) is 1.60. The third-order valence-electron chi connectivity index (χ3n) is 4.23. The molecule has 134 valence electrons. The second kappa shape index (κ2) is 7.00. The molecule has 5 heteroatoms. The largest absolute Gasteiger partial charge is 0.497 e. The lowest BCUT2D eigenvalue weighted by Gasteiger charge is -2.18. The van der Waals surface area contributed by atoms with Crippen molar-refractivity contribution in [3.8, 4) is 5.75 Å². The average Bonchev–Trinajstić information content (AvgIpc) is 2.88. The Morgan fingerprint density at radius 2 is 1.65 bits per heavy atom. The Morgan fingerprint density at radius 3 is 2.19 bits per heavy atom. The van der Waals surface area contributed by atoms with Gasteiger partial charge in [0.25, 0.3) is 5.91 Å². The molecule has 0 spiro atoms. The standard InChI is InChI=1S/C21H22N2O2S/c1-21(2,3)15-7-5-14(6-8-15)13-18-19(24)23(20(22)26-18)16-9-11-17(25-4)12-10-16/h5-13,22H,1-4H3/b18-13-,22-20?. The van der Waals surface area contributed by atoms with E-state index in [0.29, 0.717) is 16.3 Å². The summed E-state index contributed by atoms with van der Waals surface area (Å²) >= 11 is 1.18. The molecule has 1 N–H and O–H groups in total. The van der Waals surface area contributed by atoms with Gasteiger partial charge in [0, 0.05) is 0 Å². The van der Waals surface area contributed by atoms with Crippen molar-refractivity contribution in [2.45, 2.75) is 26.2 Å². The summed E-state index contributed by atoms with van der Waals surface area (Å²) in [5.41, 5.74) is 2.97. The lowest BCUT2D eigenvalue weighted by atomic mass is 9.87. The van der Waals surface area contributed by atoms with Crippen LogP contribution in [0.15, 0.2) is 53.4 Å². The van der Waals surface area contributed by atoms with Crippen LogP contribution in [0, 0.1) is 5.41 Å². The van der Waals surface area contributed by atoms with Crippen molar-refractivity contribution in [3.63, 3.8) is 0 Å². The van der Waals surface area contributed by atoms with Gasteiger partial charge in [-0.1, -0.05) is 45.0 Å². The van der Waals surface area contributed by atoms with Crippen molar-refractivity contribution in [2.24, 2.45) is 0 Å². The molecule has 4 nitrogen and oxygen atoms in total. The highest BCUT2D eigenvalue weighted by Crippen LogP contribution is 2.36. The van der Waals surface area contributed by atoms with E-state index in [-0.39, 0.29) is 16.5 Å². The topological polar surface area (TPSA) is 53.4 Å². The van der Waals surface area contributed by atoms with Gasteiger partial charge in [-0.25, -0.2) is 0 Å². The smallest absolute Gasteiger partial charge is 0.271 e. The molecular formula is C21H22N2O2S. The van der Waals surface area contributed by atoms with Gasteiger partial charge in [-0.2, -0.15) is 0 Å². The fourth-order valence-corrected chi connectivity index (χ4v) is 3.55. The lowest BCUT2D eigenvalue weighted by Crippen LogP contribution is -2.27. The number of amidine groups is 1. The van der Waals surface area contributed by atoms with Crippen LogP contribution in [0.3, 0.4) is 0 Å². The van der Waals surface area contributed by atoms with Crippen LogP contribution in [0.2, 0.25) is 0 Å². The molecule has 0 aliphatic carbocycles. The molecule has 1 saturated heterocycles. The monoisotopic (exact) mass is 366 g/mol. The van der Waals surface area contributed by atoms with Crippen LogP contribution in [-0.2, 0) is 10.2 Å². The van der Waals surface area contributed by atoms with E-state index < -0.39 is 0 Å². The molecule has 1 aliphatic rings. The molecule has 0 radical (unpaired) electrons. The quantitative estimate of drug-likeness (QED) is 0.774. The van der Waals surface area contributed by atoms with Crippen molar-refractivity contribution in [2.75, 3.05) is 12.0 Å². The van der Waals surface area contributed by atoms with Gasteiger partial charge < -0.3 is 4.74 Å². The molecule has 3 rings (SSSR count). The molecule has 0 unspecified atom stereocenters. The first-order chi connectivity index (χ1) is 12.3. The Balaban J connectivity index is 1.84. The van der Waals surface area contributed by atoms with Crippen LogP contribution < -0.4 is 9.64 Å². The normalized spacial score (nSPS) is 16.5. The summed E-state index contributed by atoms with van der Waals surface area (Å²) in [6, 6.07) is 15.3. The second-order valence-electron chi connectivity index (χ2n) is 7.13. The second-order valence-corrected chi connectivity index (χ2v) is 8.16. The van der Waals surface area contributed by atoms with E-state index in [9.17, 15) is 4.79 Å². The Morgan fingerprint density at radius 1 is 1.04 bits per heavy atom. The van der Waals surface area contributed by atoms with Gasteiger partial charge in [-0.05, 0) is 58.6 Å². The number of hydrogen-bond donors (Lipinski definition) is 1. The fourth-order valence-electron chi connectivity index (χ4n) is 2.68. The number of benzene rings is 2. The summed E-state index contributed by atoms with van der Waals surface area (Å²) in [6.45, 7) is 6.51. The molecule has 1 amide bonds. The van der Waals surface area contributed by atoms with E-state index >= 15 is 0 Å². The summed E-state index contributed by atoms with van der Waals surface area (Å²) in [5, 5.41) is 8.39. The number of nitrogens with zero attached hydrogens (tertiary/aromatic N) is 1. The lowest BCUT2D eigenvalue weighted by molar-refractivity contribution is -0.113. The number of carbonyl (C=O) groups excluding carboxylic acids is 1. The molecule has 0 atom stereocenters. The van der Waals surface area contributed by atoms with Crippen molar-refractivity contribution in [1.29, 1.82) is 5.41 Å². The summed E-state index contributed by atoms with van der Waals surface area (Å²) < 4.78 is 5.15. The molecule has 1 heterocycles. The Hall–Kier alpha value is -2.53. The van der Waals surface area contributed by atoms with Crippen molar-refractivity contribution in [3.05, 3.63) is 64.6 Å². The van der Waals surface area contributed by atoms with E-state index in [1.807, 2.05) is 18.2 Å². The number of nitrogens with one attached hydrogen (secondary N) is 1. The predicted octanol–water partition coefficient (Wildman–Crippen LogP) is 5.05. The number of anilines is 1. The summed E-state index contributed by atoms with van der Waals surface area (Å²) in [5.74, 6) is 0.541. The first-order valence-corrected chi connectivity index (χ1v) is 9.18. The van der Waals surface area contributed by atoms with Gasteiger partial charge >= 0.3 is 0 Å². The minimum absolute atomic E-state index is 0.0941. The van der Waals surface area contributed by atoms with Gasteiger partial charge in [-0.3, -0.25) is 15.1 Å². The van der Waals surface area contributed by atoms with E-state index in [1.54, 1.807) is 31.4 Å². The molecule has 0 saturated carbocycles. The van der Waals surface area contributed by atoms with Crippen LogP contribution in [-0.4, -0.2) is 18.2 Å². The zero-order chi connectivity index (χ0) is 18.9. The van der Waals surface area contributed by atoms with Crippen LogP contribution >= 0.6 is 11.8 Å². The maximum absolute atomic E-state index is 12.8. The van der Waals surface area contributed by atoms with Gasteiger partial charge in [0.2, 0.25) is 0 Å². The maximum Gasteiger partial charge on any atom is 0.271 e.